The summed E-state index contributed by atoms with van der Waals surface area (Å²) in [5.74, 6) is 0.664. The first-order valence-electron chi connectivity index (χ1n) is 8.38. The molecule has 2 aromatic carbocycles. The number of rotatable bonds is 7. The first-order valence-corrected chi connectivity index (χ1v) is 8.38. The van der Waals surface area contributed by atoms with Crippen molar-refractivity contribution in [3.63, 3.8) is 0 Å². The SMILES string of the molecule is COCc1cccc(NC(=O)CCCc2nc3cc(C)ccc3o2)c1. The van der Waals surface area contributed by atoms with Crippen molar-refractivity contribution in [3.05, 3.63) is 59.5 Å². The Bertz CT molecular complexity index is 870. The zero-order chi connectivity index (χ0) is 17.6. The van der Waals surface area contributed by atoms with Gasteiger partial charge in [-0.3, -0.25) is 4.79 Å². The number of benzene rings is 2. The molecule has 0 radical (unpaired) electrons. The fourth-order valence-corrected chi connectivity index (χ4v) is 2.72. The number of methoxy groups -OCH3 is 1. The molecule has 1 N–H and O–H groups in total. The number of amides is 1. The molecule has 0 aliphatic carbocycles. The van der Waals surface area contributed by atoms with Crippen molar-refractivity contribution in [2.24, 2.45) is 0 Å². The summed E-state index contributed by atoms with van der Waals surface area (Å²) < 4.78 is 10.8. The van der Waals surface area contributed by atoms with Crippen LogP contribution in [0.2, 0.25) is 0 Å². The molecule has 1 heterocycles. The fourth-order valence-electron chi connectivity index (χ4n) is 2.72. The van der Waals surface area contributed by atoms with Gasteiger partial charge < -0.3 is 14.5 Å². The second-order valence-corrected chi connectivity index (χ2v) is 6.11. The van der Waals surface area contributed by atoms with Crippen LogP contribution in [0.1, 0.15) is 29.9 Å². The van der Waals surface area contributed by atoms with Gasteiger partial charge in [0.25, 0.3) is 0 Å². The van der Waals surface area contributed by atoms with E-state index in [-0.39, 0.29) is 5.91 Å². The first-order chi connectivity index (χ1) is 12.1. The van der Waals surface area contributed by atoms with Gasteiger partial charge in [0, 0.05) is 25.6 Å². The van der Waals surface area contributed by atoms with E-state index in [1.807, 2.05) is 49.4 Å². The molecule has 0 saturated carbocycles. The van der Waals surface area contributed by atoms with Crippen LogP contribution in [-0.4, -0.2) is 18.0 Å². The van der Waals surface area contributed by atoms with E-state index in [0.29, 0.717) is 31.8 Å². The maximum atomic E-state index is 12.1. The van der Waals surface area contributed by atoms with Gasteiger partial charge in [0.05, 0.1) is 6.61 Å². The standard InChI is InChI=1S/C20H22N2O3/c1-14-9-10-18-17(11-14)22-20(25-18)8-4-7-19(23)21-16-6-3-5-15(12-16)13-24-2/h3,5-6,9-12H,4,7-8,13H2,1-2H3,(H,21,23). The average molecular weight is 338 g/mol. The molecule has 1 aromatic heterocycles. The number of fused-ring (bicyclic) bond motifs is 1. The van der Waals surface area contributed by atoms with Gasteiger partial charge in [0.2, 0.25) is 5.91 Å². The number of anilines is 1. The fraction of sp³-hybridized carbons (Fsp3) is 0.300. The van der Waals surface area contributed by atoms with Crippen LogP contribution in [0.15, 0.2) is 46.9 Å². The normalized spacial score (nSPS) is 11.0. The molecule has 0 unspecified atom stereocenters. The predicted molar refractivity (Wildman–Crippen MR) is 97.5 cm³/mol. The van der Waals surface area contributed by atoms with E-state index in [2.05, 4.69) is 10.3 Å². The Hall–Kier alpha value is -2.66. The highest BCUT2D eigenvalue weighted by molar-refractivity contribution is 5.90. The number of aryl methyl sites for hydroxylation is 2. The molecule has 5 nitrogen and oxygen atoms in total. The molecule has 3 aromatic rings. The van der Waals surface area contributed by atoms with E-state index >= 15 is 0 Å². The number of ether oxygens (including phenoxy) is 1. The van der Waals surface area contributed by atoms with Crippen LogP contribution < -0.4 is 5.32 Å². The smallest absolute Gasteiger partial charge is 0.224 e. The topological polar surface area (TPSA) is 64.4 Å². The van der Waals surface area contributed by atoms with E-state index in [0.717, 1.165) is 27.9 Å². The quantitative estimate of drug-likeness (QED) is 0.700. The van der Waals surface area contributed by atoms with Gasteiger partial charge in [-0.25, -0.2) is 4.98 Å². The number of carbonyl (C=O) groups excluding carboxylic acids is 1. The van der Waals surface area contributed by atoms with Crippen LogP contribution in [0.4, 0.5) is 5.69 Å². The summed E-state index contributed by atoms with van der Waals surface area (Å²) in [5, 5.41) is 2.92. The van der Waals surface area contributed by atoms with Crippen molar-refractivity contribution in [1.29, 1.82) is 0 Å². The van der Waals surface area contributed by atoms with Crippen LogP contribution in [0, 0.1) is 6.92 Å². The van der Waals surface area contributed by atoms with Gasteiger partial charge in [-0.05, 0) is 48.7 Å². The van der Waals surface area contributed by atoms with E-state index < -0.39 is 0 Å². The predicted octanol–water partition coefficient (Wildman–Crippen LogP) is 4.24. The summed E-state index contributed by atoms with van der Waals surface area (Å²) >= 11 is 0. The molecule has 5 heteroatoms. The van der Waals surface area contributed by atoms with Crippen LogP contribution in [0.3, 0.4) is 0 Å². The van der Waals surface area contributed by atoms with Gasteiger partial charge in [-0.1, -0.05) is 18.2 Å². The molecule has 0 aliphatic rings. The summed E-state index contributed by atoms with van der Waals surface area (Å²) in [4.78, 5) is 16.6. The maximum Gasteiger partial charge on any atom is 0.224 e. The Balaban J connectivity index is 1.51. The Morgan fingerprint density at radius 3 is 2.96 bits per heavy atom. The van der Waals surface area contributed by atoms with E-state index in [4.69, 9.17) is 9.15 Å². The minimum atomic E-state index is -0.0125. The Labute approximate surface area is 147 Å². The van der Waals surface area contributed by atoms with Gasteiger partial charge in [-0.2, -0.15) is 0 Å². The Kier molecular flexibility index (Phi) is 5.46. The lowest BCUT2D eigenvalue weighted by molar-refractivity contribution is -0.116. The molecule has 3 rings (SSSR count). The Morgan fingerprint density at radius 2 is 2.12 bits per heavy atom. The number of carbonyl (C=O) groups is 1. The van der Waals surface area contributed by atoms with Gasteiger partial charge >= 0.3 is 0 Å². The molecule has 0 aliphatic heterocycles. The zero-order valence-corrected chi connectivity index (χ0v) is 14.5. The molecular weight excluding hydrogens is 316 g/mol. The number of aromatic nitrogens is 1. The molecule has 0 atom stereocenters. The highest BCUT2D eigenvalue weighted by Gasteiger charge is 2.08. The largest absolute Gasteiger partial charge is 0.441 e. The number of hydrogen-bond donors (Lipinski definition) is 1. The number of oxazole rings is 1. The second-order valence-electron chi connectivity index (χ2n) is 6.11. The number of nitrogens with zero attached hydrogens (tertiary/aromatic N) is 1. The lowest BCUT2D eigenvalue weighted by atomic mass is 10.2. The van der Waals surface area contributed by atoms with Crippen molar-refractivity contribution >= 4 is 22.7 Å². The van der Waals surface area contributed by atoms with E-state index in [1.54, 1.807) is 7.11 Å². The van der Waals surface area contributed by atoms with E-state index in [1.165, 1.54) is 0 Å². The van der Waals surface area contributed by atoms with E-state index in [9.17, 15) is 4.79 Å². The lowest BCUT2D eigenvalue weighted by Gasteiger charge is -2.06. The third-order valence-electron chi connectivity index (χ3n) is 3.90. The second kappa shape index (κ2) is 7.94. The molecule has 0 saturated heterocycles. The summed E-state index contributed by atoms with van der Waals surface area (Å²) in [6.07, 6.45) is 1.76. The van der Waals surface area contributed by atoms with Crippen LogP contribution in [0.25, 0.3) is 11.1 Å². The van der Waals surface area contributed by atoms with Gasteiger partial charge in [-0.15, -0.1) is 0 Å². The van der Waals surface area contributed by atoms with Crippen LogP contribution in [0.5, 0.6) is 0 Å². The highest BCUT2D eigenvalue weighted by atomic mass is 16.5. The number of nitrogens with one attached hydrogen (secondary N) is 1. The monoisotopic (exact) mass is 338 g/mol. The Morgan fingerprint density at radius 1 is 1.24 bits per heavy atom. The minimum Gasteiger partial charge on any atom is -0.441 e. The molecule has 130 valence electrons. The number of hydrogen-bond acceptors (Lipinski definition) is 4. The first kappa shape index (κ1) is 17.2. The van der Waals surface area contributed by atoms with Crippen molar-refractivity contribution in [3.8, 4) is 0 Å². The van der Waals surface area contributed by atoms with Crippen molar-refractivity contribution < 1.29 is 13.9 Å². The molecule has 1 amide bonds. The molecule has 0 bridgehead atoms. The van der Waals surface area contributed by atoms with Crippen molar-refractivity contribution in [2.75, 3.05) is 12.4 Å². The van der Waals surface area contributed by atoms with Crippen LogP contribution in [-0.2, 0) is 22.6 Å². The third kappa shape index (κ3) is 4.67. The third-order valence-corrected chi connectivity index (χ3v) is 3.90. The summed E-state index contributed by atoms with van der Waals surface area (Å²) in [5.41, 5.74) is 4.64. The highest BCUT2D eigenvalue weighted by Crippen LogP contribution is 2.18. The van der Waals surface area contributed by atoms with Crippen molar-refractivity contribution in [2.45, 2.75) is 32.8 Å². The molecular formula is C20H22N2O3. The van der Waals surface area contributed by atoms with Gasteiger partial charge in [0.15, 0.2) is 11.5 Å². The van der Waals surface area contributed by atoms with Crippen molar-refractivity contribution in [1.82, 2.24) is 4.98 Å². The average Bonchev–Trinajstić information content (AvgIpc) is 2.97. The maximum absolute atomic E-state index is 12.1. The van der Waals surface area contributed by atoms with Crippen LogP contribution >= 0.6 is 0 Å². The summed E-state index contributed by atoms with van der Waals surface area (Å²) in [7, 11) is 1.65. The summed E-state index contributed by atoms with van der Waals surface area (Å²) in [6.45, 7) is 2.56. The van der Waals surface area contributed by atoms with Gasteiger partial charge in [0.1, 0.15) is 5.52 Å². The minimum absolute atomic E-state index is 0.0125. The molecule has 25 heavy (non-hydrogen) atoms. The lowest BCUT2D eigenvalue weighted by Crippen LogP contribution is -2.11. The molecule has 0 fully saturated rings. The molecule has 0 spiro atoms. The zero-order valence-electron chi connectivity index (χ0n) is 14.5. The summed E-state index contributed by atoms with van der Waals surface area (Å²) in [6, 6.07) is 13.6.